The lowest BCUT2D eigenvalue weighted by molar-refractivity contribution is 0.183. The van der Waals surface area contributed by atoms with E-state index in [1.807, 2.05) is 12.1 Å². The van der Waals surface area contributed by atoms with Crippen molar-refractivity contribution < 1.29 is 9.15 Å². The third-order valence-corrected chi connectivity index (χ3v) is 4.09. The van der Waals surface area contributed by atoms with Gasteiger partial charge in [-0.2, -0.15) is 0 Å². The van der Waals surface area contributed by atoms with Crippen LogP contribution in [0.5, 0.6) is 5.75 Å². The lowest BCUT2D eigenvalue weighted by Crippen LogP contribution is -2.18. The standard InChI is InChI=1S/C15H15Cl2NO2/c1-18-7-5-13(10-6-8-19-14(10)9-18)20-15-11(16)3-2-4-12(15)17/h2-4,6,8,13H,5,7,9H2,1H3. The van der Waals surface area contributed by atoms with E-state index in [1.54, 1.807) is 18.4 Å². The van der Waals surface area contributed by atoms with Gasteiger partial charge < -0.3 is 9.15 Å². The Hall–Kier alpha value is -1.16. The van der Waals surface area contributed by atoms with E-state index in [0.29, 0.717) is 15.8 Å². The van der Waals surface area contributed by atoms with Crippen LogP contribution < -0.4 is 4.74 Å². The Morgan fingerprint density at radius 1 is 1.25 bits per heavy atom. The molecule has 0 aliphatic carbocycles. The number of ether oxygens (including phenoxy) is 1. The number of para-hydroxylation sites is 1. The van der Waals surface area contributed by atoms with E-state index in [2.05, 4.69) is 11.9 Å². The fourth-order valence-electron chi connectivity index (χ4n) is 2.44. The maximum absolute atomic E-state index is 6.18. The molecule has 106 valence electrons. The molecular weight excluding hydrogens is 297 g/mol. The summed E-state index contributed by atoms with van der Waals surface area (Å²) in [5, 5.41) is 1.06. The highest BCUT2D eigenvalue weighted by Gasteiger charge is 2.25. The first-order valence-corrected chi connectivity index (χ1v) is 7.26. The van der Waals surface area contributed by atoms with Crippen molar-refractivity contribution in [2.75, 3.05) is 13.6 Å². The number of hydrogen-bond acceptors (Lipinski definition) is 3. The molecular formula is C15H15Cl2NO2. The first kappa shape index (κ1) is 13.8. The lowest BCUT2D eigenvalue weighted by atomic mass is 10.1. The minimum absolute atomic E-state index is 0.0916. The highest BCUT2D eigenvalue weighted by atomic mass is 35.5. The smallest absolute Gasteiger partial charge is 0.157 e. The predicted octanol–water partition coefficient (Wildman–Crippen LogP) is 4.54. The molecule has 0 N–H and O–H groups in total. The average Bonchev–Trinajstić information content (AvgIpc) is 2.80. The van der Waals surface area contributed by atoms with Gasteiger partial charge in [-0.25, -0.2) is 0 Å². The van der Waals surface area contributed by atoms with Gasteiger partial charge >= 0.3 is 0 Å². The third kappa shape index (κ3) is 2.66. The van der Waals surface area contributed by atoms with Crippen LogP contribution in [0.3, 0.4) is 0 Å². The minimum Gasteiger partial charge on any atom is -0.482 e. The molecule has 0 spiro atoms. The molecule has 0 radical (unpaired) electrons. The van der Waals surface area contributed by atoms with Crippen molar-refractivity contribution in [1.82, 2.24) is 4.90 Å². The van der Waals surface area contributed by atoms with Crippen LogP contribution in [0.15, 0.2) is 34.9 Å². The predicted molar refractivity (Wildman–Crippen MR) is 79.5 cm³/mol. The number of nitrogens with zero attached hydrogens (tertiary/aromatic N) is 1. The van der Waals surface area contributed by atoms with E-state index in [9.17, 15) is 0 Å². The number of fused-ring (bicyclic) bond motifs is 1. The third-order valence-electron chi connectivity index (χ3n) is 3.49. The topological polar surface area (TPSA) is 25.6 Å². The Morgan fingerprint density at radius 2 is 2.00 bits per heavy atom. The maximum atomic E-state index is 6.18. The Kier molecular flexibility index (Phi) is 3.92. The van der Waals surface area contributed by atoms with Crippen LogP contribution in [0.25, 0.3) is 0 Å². The van der Waals surface area contributed by atoms with Crippen molar-refractivity contribution in [2.45, 2.75) is 19.1 Å². The SMILES string of the molecule is CN1CCC(Oc2c(Cl)cccc2Cl)c2ccoc2C1. The molecule has 5 heteroatoms. The van der Waals surface area contributed by atoms with Crippen molar-refractivity contribution in [1.29, 1.82) is 0 Å². The van der Waals surface area contributed by atoms with E-state index in [1.165, 1.54) is 0 Å². The summed E-state index contributed by atoms with van der Waals surface area (Å²) in [4.78, 5) is 2.21. The second-order valence-corrected chi connectivity index (χ2v) is 5.80. The van der Waals surface area contributed by atoms with Gasteiger partial charge in [-0.05, 0) is 25.2 Å². The molecule has 1 aliphatic heterocycles. The Morgan fingerprint density at radius 3 is 2.75 bits per heavy atom. The number of hydrogen-bond donors (Lipinski definition) is 0. The van der Waals surface area contributed by atoms with Crippen molar-refractivity contribution in [3.8, 4) is 5.75 Å². The zero-order valence-corrected chi connectivity index (χ0v) is 12.6. The second kappa shape index (κ2) is 5.68. The molecule has 0 saturated carbocycles. The van der Waals surface area contributed by atoms with E-state index in [0.717, 1.165) is 30.8 Å². The van der Waals surface area contributed by atoms with Gasteiger partial charge in [0.15, 0.2) is 5.75 Å². The molecule has 0 fully saturated rings. The fourth-order valence-corrected chi connectivity index (χ4v) is 2.93. The van der Waals surface area contributed by atoms with Crippen LogP contribution in [0, 0.1) is 0 Å². The van der Waals surface area contributed by atoms with Gasteiger partial charge in [0, 0.05) is 18.5 Å². The van der Waals surface area contributed by atoms with Gasteiger partial charge in [-0.3, -0.25) is 4.90 Å². The zero-order chi connectivity index (χ0) is 14.1. The summed E-state index contributed by atoms with van der Waals surface area (Å²) in [6, 6.07) is 7.33. The molecule has 0 amide bonds. The van der Waals surface area contributed by atoms with Gasteiger partial charge in [-0.15, -0.1) is 0 Å². The number of furan rings is 1. The summed E-state index contributed by atoms with van der Waals surface area (Å²) in [5.74, 6) is 1.48. The van der Waals surface area contributed by atoms with Crippen LogP contribution in [0.2, 0.25) is 10.0 Å². The van der Waals surface area contributed by atoms with E-state index < -0.39 is 0 Å². The maximum Gasteiger partial charge on any atom is 0.157 e. The van der Waals surface area contributed by atoms with Gasteiger partial charge in [0.2, 0.25) is 0 Å². The molecule has 20 heavy (non-hydrogen) atoms. The van der Waals surface area contributed by atoms with Crippen molar-refractivity contribution in [3.05, 3.63) is 51.9 Å². The Labute approximate surface area is 128 Å². The van der Waals surface area contributed by atoms with Crippen LogP contribution >= 0.6 is 23.2 Å². The summed E-state index contributed by atoms with van der Waals surface area (Å²) < 4.78 is 11.6. The highest BCUT2D eigenvalue weighted by Crippen LogP contribution is 2.38. The number of benzene rings is 1. The molecule has 3 nitrogen and oxygen atoms in total. The average molecular weight is 312 g/mol. The first-order chi connectivity index (χ1) is 9.65. The summed E-state index contributed by atoms with van der Waals surface area (Å²) in [6.45, 7) is 1.72. The molecule has 3 rings (SSSR count). The fraction of sp³-hybridized carbons (Fsp3) is 0.333. The zero-order valence-electron chi connectivity index (χ0n) is 11.1. The Balaban J connectivity index is 1.92. The van der Waals surface area contributed by atoms with E-state index in [-0.39, 0.29) is 6.10 Å². The molecule has 1 atom stereocenters. The van der Waals surface area contributed by atoms with Crippen LogP contribution in [0.1, 0.15) is 23.8 Å². The molecule has 2 aromatic rings. The molecule has 1 aliphatic rings. The minimum atomic E-state index is -0.0916. The van der Waals surface area contributed by atoms with Gasteiger partial charge in [-0.1, -0.05) is 29.3 Å². The summed E-state index contributed by atoms with van der Waals surface area (Å²) in [6.07, 6.45) is 2.48. The van der Waals surface area contributed by atoms with Gasteiger partial charge in [0.25, 0.3) is 0 Å². The molecule has 1 aromatic carbocycles. The van der Waals surface area contributed by atoms with Crippen molar-refractivity contribution in [2.24, 2.45) is 0 Å². The summed E-state index contributed by atoms with van der Waals surface area (Å²) >= 11 is 12.4. The molecule has 1 unspecified atom stereocenters. The van der Waals surface area contributed by atoms with Crippen molar-refractivity contribution in [3.63, 3.8) is 0 Å². The van der Waals surface area contributed by atoms with Gasteiger partial charge in [0.1, 0.15) is 11.9 Å². The molecule has 2 heterocycles. The van der Waals surface area contributed by atoms with E-state index in [4.69, 9.17) is 32.4 Å². The summed E-state index contributed by atoms with van der Waals surface area (Å²) in [7, 11) is 2.07. The normalized spacial score (nSPS) is 19.4. The molecule has 0 saturated heterocycles. The highest BCUT2D eigenvalue weighted by molar-refractivity contribution is 6.37. The quantitative estimate of drug-likeness (QED) is 0.814. The Bertz CT molecular complexity index is 591. The van der Waals surface area contributed by atoms with Crippen molar-refractivity contribution >= 4 is 23.2 Å². The number of rotatable bonds is 2. The monoisotopic (exact) mass is 311 g/mol. The second-order valence-electron chi connectivity index (χ2n) is 4.98. The van der Waals surface area contributed by atoms with Crippen LogP contribution in [0.4, 0.5) is 0 Å². The van der Waals surface area contributed by atoms with Crippen LogP contribution in [-0.4, -0.2) is 18.5 Å². The molecule has 0 bridgehead atoms. The molecule has 1 aromatic heterocycles. The van der Waals surface area contributed by atoms with Crippen LogP contribution in [-0.2, 0) is 6.54 Å². The number of halogens is 2. The summed E-state index contributed by atoms with van der Waals surface area (Å²) in [5.41, 5.74) is 1.07. The lowest BCUT2D eigenvalue weighted by Gasteiger charge is -2.19. The largest absolute Gasteiger partial charge is 0.482 e. The van der Waals surface area contributed by atoms with Gasteiger partial charge in [0.05, 0.1) is 22.9 Å². The van der Waals surface area contributed by atoms with E-state index >= 15 is 0 Å². The first-order valence-electron chi connectivity index (χ1n) is 6.50.